The molecule has 0 aromatic heterocycles. The standard InChI is InChI=1S/C16H28N4O2S/c1-10-9-11(17-13(21)20-16(5,6)23)7-8-12(10)18-14(22)19-15(2,3)4/h7-8,10,23H,9H2,1-6H3,(H2,17,20,21)(H2,18,19,22). The summed E-state index contributed by atoms with van der Waals surface area (Å²) >= 11 is 4.26. The zero-order valence-corrected chi connectivity index (χ0v) is 15.6. The first-order valence-corrected chi connectivity index (χ1v) is 8.12. The fraction of sp³-hybridized carbons (Fsp3) is 0.625. The minimum Gasteiger partial charge on any atom is -0.333 e. The number of rotatable bonds is 3. The second-order valence-electron chi connectivity index (χ2n) is 7.39. The minimum atomic E-state index is -0.585. The van der Waals surface area contributed by atoms with E-state index >= 15 is 0 Å². The van der Waals surface area contributed by atoms with Gasteiger partial charge in [-0.3, -0.25) is 0 Å². The molecule has 1 atom stereocenters. The Morgan fingerprint density at radius 2 is 1.61 bits per heavy atom. The molecule has 0 saturated heterocycles. The van der Waals surface area contributed by atoms with E-state index in [0.717, 1.165) is 11.4 Å². The molecule has 0 aromatic rings. The summed E-state index contributed by atoms with van der Waals surface area (Å²) in [5.74, 6) is 0.102. The summed E-state index contributed by atoms with van der Waals surface area (Å²) in [6.07, 6.45) is 4.26. The summed E-state index contributed by atoms with van der Waals surface area (Å²) in [5, 5.41) is 11.3. The zero-order valence-electron chi connectivity index (χ0n) is 14.7. The van der Waals surface area contributed by atoms with Crippen molar-refractivity contribution in [3.8, 4) is 0 Å². The number of hydrogen-bond acceptors (Lipinski definition) is 3. The molecule has 1 aliphatic carbocycles. The fourth-order valence-corrected chi connectivity index (χ4v) is 2.18. The van der Waals surface area contributed by atoms with Gasteiger partial charge in [0.25, 0.3) is 0 Å². The Labute approximate surface area is 144 Å². The first-order chi connectivity index (χ1) is 10.4. The van der Waals surface area contributed by atoms with E-state index in [0.29, 0.717) is 6.42 Å². The lowest BCUT2D eigenvalue weighted by molar-refractivity contribution is 0.232. The van der Waals surface area contributed by atoms with Gasteiger partial charge in [-0.15, -0.1) is 0 Å². The van der Waals surface area contributed by atoms with Crippen LogP contribution in [0.25, 0.3) is 0 Å². The number of nitrogens with one attached hydrogen (secondary N) is 4. The molecule has 0 aromatic carbocycles. The number of carbonyl (C=O) groups is 2. The van der Waals surface area contributed by atoms with Gasteiger partial charge in [0, 0.05) is 22.9 Å². The largest absolute Gasteiger partial charge is 0.333 e. The van der Waals surface area contributed by atoms with Crippen molar-refractivity contribution in [1.29, 1.82) is 0 Å². The van der Waals surface area contributed by atoms with Crippen molar-refractivity contribution < 1.29 is 9.59 Å². The van der Waals surface area contributed by atoms with Crippen LogP contribution in [0.1, 0.15) is 48.0 Å². The van der Waals surface area contributed by atoms with Crippen LogP contribution in [0.2, 0.25) is 0 Å². The number of carbonyl (C=O) groups excluding carboxylic acids is 2. The van der Waals surface area contributed by atoms with Crippen LogP contribution in [0.3, 0.4) is 0 Å². The molecule has 0 fully saturated rings. The number of urea groups is 2. The van der Waals surface area contributed by atoms with Crippen LogP contribution in [-0.4, -0.2) is 22.5 Å². The summed E-state index contributed by atoms with van der Waals surface area (Å²) < 4.78 is 0. The van der Waals surface area contributed by atoms with E-state index in [4.69, 9.17) is 0 Å². The van der Waals surface area contributed by atoms with Crippen LogP contribution < -0.4 is 21.3 Å². The third-order valence-electron chi connectivity index (χ3n) is 2.96. The van der Waals surface area contributed by atoms with E-state index in [9.17, 15) is 9.59 Å². The first kappa shape index (κ1) is 19.4. The van der Waals surface area contributed by atoms with Crippen molar-refractivity contribution in [2.45, 2.75) is 58.4 Å². The van der Waals surface area contributed by atoms with Crippen molar-refractivity contribution in [3.63, 3.8) is 0 Å². The molecule has 0 radical (unpaired) electrons. The zero-order chi connectivity index (χ0) is 17.8. The van der Waals surface area contributed by atoms with E-state index < -0.39 is 4.87 Å². The first-order valence-electron chi connectivity index (χ1n) is 7.67. The summed E-state index contributed by atoms with van der Waals surface area (Å²) in [6, 6.07) is -0.520. The van der Waals surface area contributed by atoms with Crippen LogP contribution in [0.5, 0.6) is 0 Å². The molecule has 1 unspecified atom stereocenters. The fourth-order valence-electron chi connectivity index (χ4n) is 2.08. The van der Waals surface area contributed by atoms with Gasteiger partial charge in [0.05, 0.1) is 4.87 Å². The molecule has 130 valence electrons. The van der Waals surface area contributed by atoms with Crippen LogP contribution in [0, 0.1) is 5.92 Å². The average molecular weight is 340 g/mol. The molecule has 0 bridgehead atoms. The highest BCUT2D eigenvalue weighted by molar-refractivity contribution is 7.81. The van der Waals surface area contributed by atoms with Gasteiger partial charge < -0.3 is 21.3 Å². The number of hydrogen-bond donors (Lipinski definition) is 5. The van der Waals surface area contributed by atoms with Gasteiger partial charge in [-0.2, -0.15) is 12.6 Å². The molecule has 0 saturated carbocycles. The van der Waals surface area contributed by atoms with Gasteiger partial charge in [0.15, 0.2) is 0 Å². The lowest BCUT2D eigenvalue weighted by atomic mass is 9.96. The molecule has 0 aliphatic heterocycles. The Bertz CT molecular complexity index is 527. The van der Waals surface area contributed by atoms with Crippen LogP contribution >= 0.6 is 12.6 Å². The van der Waals surface area contributed by atoms with E-state index in [1.807, 2.05) is 33.8 Å². The van der Waals surface area contributed by atoms with E-state index in [2.05, 4.69) is 33.9 Å². The number of thiol groups is 1. The summed E-state index contributed by atoms with van der Waals surface area (Å²) in [5.41, 5.74) is 1.34. The molecule has 0 heterocycles. The van der Waals surface area contributed by atoms with Gasteiger partial charge in [-0.1, -0.05) is 6.92 Å². The van der Waals surface area contributed by atoms with Crippen molar-refractivity contribution in [1.82, 2.24) is 21.3 Å². The Balaban J connectivity index is 2.63. The highest BCUT2D eigenvalue weighted by Gasteiger charge is 2.21. The molecule has 4 N–H and O–H groups in total. The van der Waals surface area contributed by atoms with Crippen molar-refractivity contribution in [2.75, 3.05) is 0 Å². The minimum absolute atomic E-state index is 0.102. The molecule has 23 heavy (non-hydrogen) atoms. The van der Waals surface area contributed by atoms with Gasteiger partial charge in [-0.05, 0) is 53.2 Å². The Kier molecular flexibility index (Phi) is 6.16. The van der Waals surface area contributed by atoms with Gasteiger partial charge in [0.2, 0.25) is 0 Å². The normalized spacial score (nSPS) is 18.5. The molecular formula is C16H28N4O2S. The van der Waals surface area contributed by atoms with Crippen LogP contribution in [0.4, 0.5) is 9.59 Å². The van der Waals surface area contributed by atoms with Gasteiger partial charge >= 0.3 is 12.1 Å². The second kappa shape index (κ2) is 7.29. The smallest absolute Gasteiger partial charge is 0.320 e. The monoisotopic (exact) mass is 340 g/mol. The van der Waals surface area contributed by atoms with Crippen molar-refractivity contribution >= 4 is 24.7 Å². The average Bonchev–Trinajstić information content (AvgIpc) is 2.27. The van der Waals surface area contributed by atoms with E-state index in [1.165, 1.54) is 0 Å². The second-order valence-corrected chi connectivity index (χ2v) is 8.50. The summed E-state index contributed by atoms with van der Waals surface area (Å²) in [4.78, 5) is 23.2. The highest BCUT2D eigenvalue weighted by atomic mass is 32.1. The Morgan fingerprint density at radius 3 is 2.09 bits per heavy atom. The lowest BCUT2D eigenvalue weighted by Gasteiger charge is -2.26. The highest BCUT2D eigenvalue weighted by Crippen LogP contribution is 2.21. The number of amides is 4. The van der Waals surface area contributed by atoms with Gasteiger partial charge in [0.1, 0.15) is 0 Å². The third-order valence-corrected chi connectivity index (χ3v) is 3.07. The predicted octanol–water partition coefficient (Wildman–Crippen LogP) is 2.86. The summed E-state index contributed by atoms with van der Waals surface area (Å²) in [7, 11) is 0. The molecule has 1 aliphatic rings. The van der Waals surface area contributed by atoms with Crippen LogP contribution in [0.15, 0.2) is 23.5 Å². The molecule has 1 rings (SSSR count). The Hall–Kier alpha value is -1.63. The lowest BCUT2D eigenvalue weighted by Crippen LogP contribution is -2.47. The molecule has 0 spiro atoms. The van der Waals surface area contributed by atoms with Gasteiger partial charge in [-0.25, -0.2) is 9.59 Å². The Morgan fingerprint density at radius 1 is 1.04 bits per heavy atom. The SMILES string of the molecule is CC1CC(NC(=O)NC(C)(C)S)=CC=C1NC(=O)NC(C)(C)C. The van der Waals surface area contributed by atoms with E-state index in [-0.39, 0.29) is 23.5 Å². The maximum absolute atomic E-state index is 11.9. The molecule has 4 amide bonds. The molecular weight excluding hydrogens is 312 g/mol. The van der Waals surface area contributed by atoms with Crippen molar-refractivity contribution in [3.05, 3.63) is 23.5 Å². The summed E-state index contributed by atoms with van der Waals surface area (Å²) in [6.45, 7) is 11.4. The predicted molar refractivity (Wildman–Crippen MR) is 96.1 cm³/mol. The quantitative estimate of drug-likeness (QED) is 0.404. The topological polar surface area (TPSA) is 82.3 Å². The van der Waals surface area contributed by atoms with Crippen molar-refractivity contribution in [2.24, 2.45) is 5.92 Å². The van der Waals surface area contributed by atoms with Crippen LogP contribution in [-0.2, 0) is 0 Å². The molecule has 7 heteroatoms. The maximum atomic E-state index is 11.9. The maximum Gasteiger partial charge on any atom is 0.320 e. The number of allylic oxidation sites excluding steroid dienone is 4. The molecule has 6 nitrogen and oxygen atoms in total. The van der Waals surface area contributed by atoms with E-state index in [1.54, 1.807) is 19.9 Å². The third kappa shape index (κ3) is 7.97.